The lowest BCUT2D eigenvalue weighted by molar-refractivity contribution is -0.146. The molecule has 0 atom stereocenters. The van der Waals surface area contributed by atoms with Crippen molar-refractivity contribution in [2.75, 3.05) is 6.61 Å². The number of ether oxygens (including phenoxy) is 2. The molecular weight excluding hydrogens is 633 g/mol. The number of pyridine rings is 1. The van der Waals surface area contributed by atoms with Crippen molar-refractivity contribution in [3.05, 3.63) is 108 Å². The molecule has 0 bridgehead atoms. The second-order valence-electron chi connectivity index (χ2n) is 13.8. The van der Waals surface area contributed by atoms with E-state index in [0.717, 1.165) is 60.7 Å². The van der Waals surface area contributed by atoms with Crippen molar-refractivity contribution >= 4 is 39.5 Å². The van der Waals surface area contributed by atoms with Crippen LogP contribution < -0.4 is 9.47 Å². The number of para-hydroxylation sites is 1. The van der Waals surface area contributed by atoms with Gasteiger partial charge in [0, 0.05) is 56.2 Å². The molecule has 0 aliphatic rings. The Bertz CT molecular complexity index is 2100. The summed E-state index contributed by atoms with van der Waals surface area (Å²) in [6.45, 7) is 13.5. The zero-order chi connectivity index (χ0) is 34.8. The summed E-state index contributed by atoms with van der Waals surface area (Å²) in [4.78, 5) is 18.3. The number of rotatable bonds is 12. The van der Waals surface area contributed by atoms with Gasteiger partial charge < -0.3 is 19.1 Å². The molecule has 0 amide bonds. The van der Waals surface area contributed by atoms with Crippen LogP contribution in [0, 0.1) is 5.41 Å². The number of carbonyl (C=O) groups is 1. The molecule has 0 radical (unpaired) electrons. The average molecular weight is 675 g/mol. The quantitative estimate of drug-likeness (QED) is 0.128. The minimum atomic E-state index is -0.976. The Labute approximate surface area is 291 Å². The first-order valence-electron chi connectivity index (χ1n) is 16.5. The number of fused-ring (bicyclic) bond motifs is 2. The van der Waals surface area contributed by atoms with Crippen LogP contribution >= 0.6 is 11.8 Å². The first-order chi connectivity index (χ1) is 23.4. The van der Waals surface area contributed by atoms with Crippen molar-refractivity contribution in [2.45, 2.75) is 70.8 Å². The van der Waals surface area contributed by atoms with Crippen LogP contribution in [0.3, 0.4) is 0 Å². The van der Waals surface area contributed by atoms with Gasteiger partial charge in [-0.3, -0.25) is 4.79 Å². The van der Waals surface area contributed by atoms with Gasteiger partial charge in [-0.05, 0) is 62.7 Å². The van der Waals surface area contributed by atoms with Crippen LogP contribution in [0.2, 0.25) is 0 Å². The maximum atomic E-state index is 12.4. The number of hydrogen-bond donors (Lipinski definition) is 1. The number of benzene rings is 3. The zero-order valence-corrected chi connectivity index (χ0v) is 29.7. The minimum absolute atomic E-state index is 0.118. The van der Waals surface area contributed by atoms with E-state index in [0.29, 0.717) is 32.1 Å². The lowest BCUT2D eigenvalue weighted by atomic mass is 9.88. The molecule has 3 aromatic carbocycles. The van der Waals surface area contributed by atoms with E-state index >= 15 is 0 Å². The average Bonchev–Trinajstić information content (AvgIpc) is 3.33. The smallest absolute Gasteiger partial charge is 0.309 e. The fourth-order valence-corrected chi connectivity index (χ4v) is 6.91. The highest BCUT2D eigenvalue weighted by atomic mass is 32.2. The summed E-state index contributed by atoms with van der Waals surface area (Å²) in [5.74, 6) is 0.408. The Morgan fingerprint density at radius 2 is 1.65 bits per heavy atom. The Balaban J connectivity index is 1.37. The Morgan fingerprint density at radius 1 is 0.878 bits per heavy atom. The topological polar surface area (TPSA) is 99.4 Å². The predicted octanol–water partition coefficient (Wildman–Crippen LogP) is 9.22. The van der Waals surface area contributed by atoms with E-state index in [1.807, 2.05) is 67.6 Å². The summed E-state index contributed by atoms with van der Waals surface area (Å²) in [6.07, 6.45) is 0.368. The summed E-state index contributed by atoms with van der Waals surface area (Å²) in [7, 11) is 0. The van der Waals surface area contributed by atoms with Crippen molar-refractivity contribution in [3.8, 4) is 22.9 Å². The summed E-state index contributed by atoms with van der Waals surface area (Å²) in [5, 5.41) is 20.8. The largest absolute Gasteiger partial charge is 0.487 e. The molecule has 0 unspecified atom stereocenters. The van der Waals surface area contributed by atoms with E-state index in [1.165, 1.54) is 0 Å². The number of thioether (sulfide) groups is 1. The van der Waals surface area contributed by atoms with Gasteiger partial charge in [-0.25, -0.2) is 4.98 Å². The minimum Gasteiger partial charge on any atom is -0.487 e. The van der Waals surface area contributed by atoms with E-state index in [1.54, 1.807) is 25.6 Å². The van der Waals surface area contributed by atoms with Gasteiger partial charge in [0.15, 0.2) is 0 Å². The standard InChI is InChI=1S/C40H42N4O4S/c1-7-47-36-21-19-33(42-43-36)28-14-12-26(13-15-28)24-44-34-20-18-30(48-25-29-17-16-27-10-8-9-11-32(27)41-29)22-31(34)37(49-39(2,3)4)35(44)23-40(5,6)38(45)46/h8-22H,7,23-25H2,1-6H3,(H,45,46). The molecule has 1 N–H and O–H groups in total. The molecule has 0 aliphatic carbocycles. The third-order valence-electron chi connectivity index (χ3n) is 8.25. The van der Waals surface area contributed by atoms with Gasteiger partial charge in [0.2, 0.25) is 5.88 Å². The van der Waals surface area contributed by atoms with Crippen LogP contribution in [0.25, 0.3) is 33.1 Å². The van der Waals surface area contributed by atoms with Crippen molar-refractivity contribution in [1.82, 2.24) is 19.7 Å². The normalized spacial score (nSPS) is 12.0. The van der Waals surface area contributed by atoms with Gasteiger partial charge >= 0.3 is 5.97 Å². The fourth-order valence-electron chi connectivity index (χ4n) is 5.72. The summed E-state index contributed by atoms with van der Waals surface area (Å²) in [5.41, 5.74) is 5.64. The Kier molecular flexibility index (Phi) is 9.65. The van der Waals surface area contributed by atoms with Crippen molar-refractivity contribution in [1.29, 1.82) is 0 Å². The van der Waals surface area contributed by atoms with E-state index in [9.17, 15) is 9.90 Å². The number of carboxylic acid groups (broad SMARTS) is 1. The van der Waals surface area contributed by atoms with Crippen LogP contribution in [0.15, 0.2) is 95.9 Å². The molecule has 0 saturated heterocycles. The molecule has 0 fully saturated rings. The van der Waals surface area contributed by atoms with E-state index in [2.05, 4.69) is 65.9 Å². The van der Waals surface area contributed by atoms with Crippen molar-refractivity contribution in [2.24, 2.45) is 5.41 Å². The SMILES string of the molecule is CCOc1ccc(-c2ccc(Cn3c(CC(C)(C)C(=O)O)c(SC(C)(C)C)c4cc(OCc5ccc6ccccc6n5)ccc43)cc2)nn1. The molecule has 9 heteroatoms. The second-order valence-corrected chi connectivity index (χ2v) is 15.6. The number of aliphatic carboxylic acids is 1. The van der Waals surface area contributed by atoms with E-state index in [-0.39, 0.29) is 4.75 Å². The highest BCUT2D eigenvalue weighted by molar-refractivity contribution is 8.00. The van der Waals surface area contributed by atoms with E-state index < -0.39 is 11.4 Å². The Morgan fingerprint density at radius 3 is 2.35 bits per heavy atom. The monoisotopic (exact) mass is 674 g/mol. The number of nitrogens with zero attached hydrogens (tertiary/aromatic N) is 4. The van der Waals surface area contributed by atoms with Gasteiger partial charge in [0.25, 0.3) is 0 Å². The summed E-state index contributed by atoms with van der Waals surface area (Å²) < 4.78 is 13.9. The molecule has 0 saturated carbocycles. The molecule has 0 aliphatic heterocycles. The third kappa shape index (κ3) is 7.89. The predicted molar refractivity (Wildman–Crippen MR) is 196 cm³/mol. The molecule has 8 nitrogen and oxygen atoms in total. The van der Waals surface area contributed by atoms with Crippen molar-refractivity contribution in [3.63, 3.8) is 0 Å². The van der Waals surface area contributed by atoms with Crippen LogP contribution in [-0.2, 0) is 24.4 Å². The first-order valence-corrected chi connectivity index (χ1v) is 17.3. The van der Waals surface area contributed by atoms with Crippen molar-refractivity contribution < 1.29 is 19.4 Å². The molecule has 3 heterocycles. The lowest BCUT2D eigenvalue weighted by Gasteiger charge is -2.24. The number of aromatic nitrogens is 4. The fraction of sp³-hybridized carbons (Fsp3) is 0.300. The van der Waals surface area contributed by atoms with E-state index in [4.69, 9.17) is 14.5 Å². The van der Waals surface area contributed by atoms with Gasteiger partial charge in [-0.2, -0.15) is 0 Å². The molecule has 0 spiro atoms. The first kappa shape index (κ1) is 34.0. The number of hydrogen-bond acceptors (Lipinski definition) is 7. The molecule has 6 aromatic rings. The van der Waals surface area contributed by atoms with Crippen LogP contribution in [0.4, 0.5) is 0 Å². The Hall–Kier alpha value is -4.89. The zero-order valence-electron chi connectivity index (χ0n) is 28.9. The van der Waals surface area contributed by atoms with Gasteiger partial charge in [-0.1, -0.05) is 69.3 Å². The molecule has 49 heavy (non-hydrogen) atoms. The molecule has 3 aromatic heterocycles. The third-order valence-corrected chi connectivity index (χ3v) is 9.53. The van der Waals surface area contributed by atoms with Gasteiger partial charge in [0.05, 0.1) is 28.9 Å². The second kappa shape index (κ2) is 13.9. The lowest BCUT2D eigenvalue weighted by Crippen LogP contribution is -2.28. The highest BCUT2D eigenvalue weighted by Gasteiger charge is 2.33. The van der Waals surface area contributed by atoms with Crippen LogP contribution in [-0.4, -0.2) is 42.2 Å². The molecule has 6 rings (SSSR count). The highest BCUT2D eigenvalue weighted by Crippen LogP contribution is 2.44. The summed E-state index contributed by atoms with van der Waals surface area (Å²) in [6, 6.07) is 30.3. The molecule has 252 valence electrons. The summed E-state index contributed by atoms with van der Waals surface area (Å²) >= 11 is 1.76. The number of carboxylic acids is 1. The molecular formula is C40H42N4O4S. The maximum absolute atomic E-state index is 12.4. The van der Waals surface area contributed by atoms with Crippen LogP contribution in [0.5, 0.6) is 11.6 Å². The van der Waals surface area contributed by atoms with Crippen LogP contribution in [0.1, 0.15) is 58.5 Å². The maximum Gasteiger partial charge on any atom is 0.309 e. The van der Waals surface area contributed by atoms with Gasteiger partial charge in [-0.15, -0.1) is 22.0 Å². The van der Waals surface area contributed by atoms with Gasteiger partial charge in [0.1, 0.15) is 12.4 Å².